The first-order chi connectivity index (χ1) is 8.31. The zero-order chi connectivity index (χ0) is 12.1. The molecule has 0 aliphatic heterocycles. The maximum Gasteiger partial charge on any atom is 0.235 e. The quantitative estimate of drug-likeness (QED) is 0.742. The summed E-state index contributed by atoms with van der Waals surface area (Å²) < 4.78 is 5.26. The van der Waals surface area contributed by atoms with E-state index in [9.17, 15) is 0 Å². The minimum atomic E-state index is -0.00272. The molecular formula is C10H4N6O. The van der Waals surface area contributed by atoms with Gasteiger partial charge in [-0.1, -0.05) is 0 Å². The molecule has 0 amide bonds. The normalized spacial score (nSPS) is 9.06. The number of hydrogen-bond acceptors (Lipinski definition) is 7. The maximum absolute atomic E-state index is 8.61. The summed E-state index contributed by atoms with van der Waals surface area (Å²) in [4.78, 5) is 15.0. The van der Waals surface area contributed by atoms with Crippen LogP contribution in [0.15, 0.2) is 24.5 Å². The summed E-state index contributed by atoms with van der Waals surface area (Å²) in [6.07, 6.45) is 2.79. The van der Waals surface area contributed by atoms with Crippen LogP contribution in [0.4, 0.5) is 0 Å². The Kier molecular flexibility index (Phi) is 2.85. The fourth-order valence-electron chi connectivity index (χ4n) is 1.01. The first kappa shape index (κ1) is 10.5. The van der Waals surface area contributed by atoms with Crippen molar-refractivity contribution in [2.75, 3.05) is 0 Å². The molecule has 0 saturated carbocycles. The molecule has 0 saturated heterocycles. The molecule has 2 heterocycles. The summed E-state index contributed by atoms with van der Waals surface area (Å²) >= 11 is 0. The van der Waals surface area contributed by atoms with Crippen molar-refractivity contribution >= 4 is 0 Å². The Morgan fingerprint density at radius 1 is 0.882 bits per heavy atom. The number of hydrogen-bond donors (Lipinski definition) is 0. The second kappa shape index (κ2) is 4.64. The second-order valence-electron chi connectivity index (χ2n) is 2.76. The molecule has 80 valence electrons. The Morgan fingerprint density at radius 2 is 1.35 bits per heavy atom. The molecule has 7 nitrogen and oxygen atoms in total. The lowest BCUT2D eigenvalue weighted by atomic mass is 10.5. The number of nitrogens with zero attached hydrogens (tertiary/aromatic N) is 6. The third-order valence-electron chi connectivity index (χ3n) is 1.67. The van der Waals surface area contributed by atoms with E-state index in [1.165, 1.54) is 24.5 Å². The lowest BCUT2D eigenvalue weighted by molar-refractivity contribution is 0.441. The van der Waals surface area contributed by atoms with Crippen molar-refractivity contribution in [3.63, 3.8) is 0 Å². The summed E-state index contributed by atoms with van der Waals surface area (Å²) in [5.41, 5.74) is 0. The molecule has 0 atom stereocenters. The molecule has 17 heavy (non-hydrogen) atoms. The van der Waals surface area contributed by atoms with Gasteiger partial charge >= 0.3 is 0 Å². The number of nitriles is 2. The number of rotatable bonds is 2. The van der Waals surface area contributed by atoms with Gasteiger partial charge in [-0.3, -0.25) is 0 Å². The lowest BCUT2D eigenvalue weighted by Gasteiger charge is -2.02. The predicted molar refractivity (Wildman–Crippen MR) is 53.6 cm³/mol. The van der Waals surface area contributed by atoms with Crippen LogP contribution in [-0.2, 0) is 0 Å². The highest BCUT2D eigenvalue weighted by Gasteiger charge is 2.03. The van der Waals surface area contributed by atoms with Gasteiger partial charge < -0.3 is 4.74 Å². The van der Waals surface area contributed by atoms with Gasteiger partial charge in [-0.25, -0.2) is 9.97 Å². The van der Waals surface area contributed by atoms with E-state index in [-0.39, 0.29) is 23.4 Å². The SMILES string of the molecule is N#Cc1nccc(Oc2ccnc(C#N)n2)n1. The highest BCUT2D eigenvalue weighted by molar-refractivity contribution is 5.23. The van der Waals surface area contributed by atoms with Crippen molar-refractivity contribution in [2.45, 2.75) is 0 Å². The van der Waals surface area contributed by atoms with E-state index in [1.807, 2.05) is 0 Å². The van der Waals surface area contributed by atoms with Gasteiger partial charge in [0.2, 0.25) is 23.4 Å². The fraction of sp³-hybridized carbons (Fsp3) is 0. The van der Waals surface area contributed by atoms with E-state index in [1.54, 1.807) is 12.1 Å². The number of aromatic nitrogens is 4. The van der Waals surface area contributed by atoms with Crippen LogP contribution in [-0.4, -0.2) is 19.9 Å². The molecule has 0 bridgehead atoms. The van der Waals surface area contributed by atoms with Crippen LogP contribution in [0.25, 0.3) is 0 Å². The Morgan fingerprint density at radius 3 is 1.76 bits per heavy atom. The molecule has 7 heteroatoms. The van der Waals surface area contributed by atoms with Gasteiger partial charge in [0.1, 0.15) is 12.1 Å². The van der Waals surface area contributed by atoms with Crippen LogP contribution in [0.2, 0.25) is 0 Å². The minimum absolute atomic E-state index is 0.00272. The molecule has 0 aliphatic rings. The number of ether oxygens (including phenoxy) is 1. The van der Waals surface area contributed by atoms with E-state index in [0.717, 1.165) is 0 Å². The van der Waals surface area contributed by atoms with Crippen LogP contribution in [0.5, 0.6) is 11.8 Å². The summed E-state index contributed by atoms with van der Waals surface area (Å²) in [5.74, 6) is 0.354. The smallest absolute Gasteiger partial charge is 0.235 e. The van der Waals surface area contributed by atoms with Gasteiger partial charge in [0.05, 0.1) is 0 Å². The van der Waals surface area contributed by atoms with Crippen molar-refractivity contribution in [3.8, 4) is 23.9 Å². The average Bonchev–Trinajstić information content (AvgIpc) is 2.39. The van der Waals surface area contributed by atoms with Crippen LogP contribution in [0.3, 0.4) is 0 Å². The third kappa shape index (κ3) is 2.49. The van der Waals surface area contributed by atoms with E-state index in [4.69, 9.17) is 15.3 Å². The molecule has 0 spiro atoms. The zero-order valence-corrected chi connectivity index (χ0v) is 8.40. The Labute approximate surface area is 96.0 Å². The Bertz CT molecular complexity index is 572. The predicted octanol–water partition coefficient (Wildman–Crippen LogP) is 0.802. The first-order valence-corrected chi connectivity index (χ1v) is 4.46. The second-order valence-corrected chi connectivity index (χ2v) is 2.76. The highest BCUT2D eigenvalue weighted by atomic mass is 16.5. The van der Waals surface area contributed by atoms with E-state index < -0.39 is 0 Å². The molecule has 2 aromatic heterocycles. The monoisotopic (exact) mass is 224 g/mol. The van der Waals surface area contributed by atoms with Gasteiger partial charge in [-0.2, -0.15) is 20.5 Å². The molecule has 0 radical (unpaired) electrons. The average molecular weight is 224 g/mol. The molecule has 2 rings (SSSR count). The van der Waals surface area contributed by atoms with Crippen LogP contribution in [0, 0.1) is 22.7 Å². The molecule has 0 aliphatic carbocycles. The van der Waals surface area contributed by atoms with Gasteiger partial charge in [0.25, 0.3) is 0 Å². The fourth-order valence-corrected chi connectivity index (χ4v) is 1.01. The van der Waals surface area contributed by atoms with Crippen LogP contribution >= 0.6 is 0 Å². The molecule has 2 aromatic rings. The largest absolute Gasteiger partial charge is 0.420 e. The van der Waals surface area contributed by atoms with Crippen molar-refractivity contribution < 1.29 is 4.74 Å². The molecule has 0 aromatic carbocycles. The third-order valence-corrected chi connectivity index (χ3v) is 1.67. The maximum atomic E-state index is 8.61. The van der Waals surface area contributed by atoms with Crippen molar-refractivity contribution in [1.29, 1.82) is 10.5 Å². The van der Waals surface area contributed by atoms with Gasteiger partial charge in [0, 0.05) is 24.5 Å². The topological polar surface area (TPSA) is 108 Å². The minimum Gasteiger partial charge on any atom is -0.420 e. The first-order valence-electron chi connectivity index (χ1n) is 4.46. The molecule has 0 fully saturated rings. The summed E-state index contributed by atoms with van der Waals surface area (Å²) in [6, 6.07) is 6.54. The van der Waals surface area contributed by atoms with Crippen LogP contribution < -0.4 is 4.74 Å². The Balaban J connectivity index is 2.26. The molecule has 0 unspecified atom stereocenters. The Hall–Kier alpha value is -3.06. The van der Waals surface area contributed by atoms with Gasteiger partial charge in [-0.05, 0) is 0 Å². The summed E-state index contributed by atoms with van der Waals surface area (Å²) in [5, 5.41) is 17.2. The summed E-state index contributed by atoms with van der Waals surface area (Å²) in [6.45, 7) is 0. The van der Waals surface area contributed by atoms with Crippen molar-refractivity contribution in [2.24, 2.45) is 0 Å². The van der Waals surface area contributed by atoms with E-state index in [0.29, 0.717) is 0 Å². The van der Waals surface area contributed by atoms with E-state index in [2.05, 4.69) is 19.9 Å². The van der Waals surface area contributed by atoms with Gasteiger partial charge in [0.15, 0.2) is 0 Å². The molecule has 0 N–H and O–H groups in total. The summed E-state index contributed by atoms with van der Waals surface area (Å²) in [7, 11) is 0. The van der Waals surface area contributed by atoms with Crippen LogP contribution in [0.1, 0.15) is 11.6 Å². The van der Waals surface area contributed by atoms with Crippen molar-refractivity contribution in [1.82, 2.24) is 19.9 Å². The van der Waals surface area contributed by atoms with Crippen molar-refractivity contribution in [3.05, 3.63) is 36.2 Å². The van der Waals surface area contributed by atoms with E-state index >= 15 is 0 Å². The molecular weight excluding hydrogens is 220 g/mol. The highest BCUT2D eigenvalue weighted by Crippen LogP contribution is 2.15. The van der Waals surface area contributed by atoms with Gasteiger partial charge in [-0.15, -0.1) is 0 Å². The zero-order valence-electron chi connectivity index (χ0n) is 8.40. The lowest BCUT2D eigenvalue weighted by Crippen LogP contribution is -1.96. The standard InChI is InChI=1S/C10H4N6O/c11-5-7-13-3-1-9(15-7)17-10-2-4-14-8(6-12)16-10/h1-4H.